The van der Waals surface area contributed by atoms with Crippen LogP contribution in [0.4, 0.5) is 10.5 Å². The van der Waals surface area contributed by atoms with Crippen LogP contribution in [0.5, 0.6) is 0 Å². The monoisotopic (exact) mass is 322 g/mol. The van der Waals surface area contributed by atoms with Crippen molar-refractivity contribution >= 4 is 34.9 Å². The lowest BCUT2D eigenvalue weighted by molar-refractivity contribution is 0.205. The molecule has 0 spiro atoms. The standard InChI is InChI=1S/C14H12Cl2N4O/c15-11-2-1-10(5-12(11)16)19-14(21)20-4-3-9-6-17-8-18-13(9)7-20/h1-2,5-6,8H,3-4,7H2,(H,19,21). The van der Waals surface area contributed by atoms with E-state index in [2.05, 4.69) is 15.3 Å². The van der Waals surface area contributed by atoms with Gasteiger partial charge >= 0.3 is 6.03 Å². The van der Waals surface area contributed by atoms with Crippen LogP contribution in [0.2, 0.25) is 10.0 Å². The highest BCUT2D eigenvalue weighted by molar-refractivity contribution is 6.42. The van der Waals surface area contributed by atoms with Gasteiger partial charge in [-0.15, -0.1) is 0 Å². The molecule has 3 rings (SSSR count). The molecule has 0 saturated heterocycles. The van der Waals surface area contributed by atoms with Gasteiger partial charge in [-0.25, -0.2) is 14.8 Å². The van der Waals surface area contributed by atoms with Crippen molar-refractivity contribution in [3.05, 3.63) is 52.0 Å². The van der Waals surface area contributed by atoms with Crippen molar-refractivity contribution in [1.82, 2.24) is 14.9 Å². The molecular formula is C14H12Cl2N4O. The summed E-state index contributed by atoms with van der Waals surface area (Å²) in [5.41, 5.74) is 2.60. The van der Waals surface area contributed by atoms with Gasteiger partial charge in [-0.05, 0) is 30.2 Å². The van der Waals surface area contributed by atoms with Crippen LogP contribution in [0.25, 0.3) is 0 Å². The molecule has 1 aliphatic heterocycles. The second-order valence-corrected chi connectivity index (χ2v) is 5.54. The quantitative estimate of drug-likeness (QED) is 0.875. The van der Waals surface area contributed by atoms with Crippen molar-refractivity contribution in [2.24, 2.45) is 0 Å². The van der Waals surface area contributed by atoms with E-state index >= 15 is 0 Å². The second kappa shape index (κ2) is 5.87. The van der Waals surface area contributed by atoms with E-state index in [1.165, 1.54) is 6.33 Å². The van der Waals surface area contributed by atoms with Crippen LogP contribution >= 0.6 is 23.2 Å². The van der Waals surface area contributed by atoms with E-state index in [1.807, 2.05) is 0 Å². The van der Waals surface area contributed by atoms with Crippen LogP contribution in [0.15, 0.2) is 30.7 Å². The number of urea groups is 1. The molecule has 0 unspecified atom stereocenters. The lowest BCUT2D eigenvalue weighted by Gasteiger charge is -2.27. The molecule has 2 heterocycles. The number of halogens is 2. The molecule has 1 aromatic heterocycles. The van der Waals surface area contributed by atoms with Crippen LogP contribution in [0, 0.1) is 0 Å². The minimum Gasteiger partial charge on any atom is -0.318 e. The van der Waals surface area contributed by atoms with Crippen LogP contribution < -0.4 is 5.32 Å². The minimum atomic E-state index is -0.183. The Morgan fingerprint density at radius 3 is 2.95 bits per heavy atom. The second-order valence-electron chi connectivity index (χ2n) is 4.73. The molecule has 0 saturated carbocycles. The zero-order valence-electron chi connectivity index (χ0n) is 11.0. The smallest absolute Gasteiger partial charge is 0.318 e. The number of aromatic nitrogens is 2. The summed E-state index contributed by atoms with van der Waals surface area (Å²) in [6.45, 7) is 1.11. The topological polar surface area (TPSA) is 58.1 Å². The Balaban J connectivity index is 1.70. The largest absolute Gasteiger partial charge is 0.322 e. The number of nitrogens with one attached hydrogen (secondary N) is 1. The highest BCUT2D eigenvalue weighted by atomic mass is 35.5. The maximum Gasteiger partial charge on any atom is 0.322 e. The predicted molar refractivity (Wildman–Crippen MR) is 81.6 cm³/mol. The summed E-state index contributed by atoms with van der Waals surface area (Å²) < 4.78 is 0. The van der Waals surface area contributed by atoms with Gasteiger partial charge in [0, 0.05) is 18.4 Å². The van der Waals surface area contributed by atoms with Crippen LogP contribution in [-0.2, 0) is 13.0 Å². The minimum absolute atomic E-state index is 0.183. The summed E-state index contributed by atoms with van der Waals surface area (Å²) in [7, 11) is 0. The van der Waals surface area contributed by atoms with Crippen molar-refractivity contribution in [1.29, 1.82) is 0 Å². The third-order valence-corrected chi connectivity index (χ3v) is 4.07. The van der Waals surface area contributed by atoms with Crippen molar-refractivity contribution in [3.63, 3.8) is 0 Å². The number of rotatable bonds is 1. The SMILES string of the molecule is O=C(Nc1ccc(Cl)c(Cl)c1)N1CCc2cncnc2C1. The Kier molecular flexibility index (Phi) is 3.94. The van der Waals surface area contributed by atoms with Gasteiger partial charge in [-0.2, -0.15) is 0 Å². The van der Waals surface area contributed by atoms with Gasteiger partial charge < -0.3 is 10.2 Å². The van der Waals surface area contributed by atoms with E-state index in [-0.39, 0.29) is 6.03 Å². The number of amides is 2. The van der Waals surface area contributed by atoms with E-state index in [9.17, 15) is 4.79 Å². The highest BCUT2D eigenvalue weighted by Gasteiger charge is 2.21. The Bertz CT molecular complexity index is 692. The Hall–Kier alpha value is -1.85. The van der Waals surface area contributed by atoms with E-state index < -0.39 is 0 Å². The molecule has 1 aromatic carbocycles. The van der Waals surface area contributed by atoms with Gasteiger partial charge in [0.15, 0.2) is 0 Å². The molecule has 5 nitrogen and oxygen atoms in total. The molecule has 21 heavy (non-hydrogen) atoms. The summed E-state index contributed by atoms with van der Waals surface area (Å²) in [5.74, 6) is 0. The molecular weight excluding hydrogens is 311 g/mol. The number of anilines is 1. The van der Waals surface area contributed by atoms with Gasteiger partial charge in [0.25, 0.3) is 0 Å². The van der Waals surface area contributed by atoms with E-state index in [0.717, 1.165) is 17.7 Å². The average Bonchev–Trinajstić information content (AvgIpc) is 2.50. The number of hydrogen-bond acceptors (Lipinski definition) is 3. The fourth-order valence-corrected chi connectivity index (χ4v) is 2.50. The van der Waals surface area contributed by atoms with Gasteiger partial charge in [-0.3, -0.25) is 0 Å². The number of nitrogens with zero attached hydrogens (tertiary/aromatic N) is 3. The number of fused-ring (bicyclic) bond motifs is 1. The van der Waals surface area contributed by atoms with Crippen molar-refractivity contribution < 1.29 is 4.79 Å². The first-order valence-electron chi connectivity index (χ1n) is 6.42. The predicted octanol–water partition coefficient (Wildman–Crippen LogP) is 3.37. The first kappa shape index (κ1) is 14.1. The number of carbonyl (C=O) groups excluding carboxylic acids is 1. The van der Waals surface area contributed by atoms with Crippen LogP contribution in [-0.4, -0.2) is 27.4 Å². The maximum absolute atomic E-state index is 12.3. The molecule has 2 amide bonds. The molecule has 0 atom stereocenters. The van der Waals surface area contributed by atoms with Gasteiger partial charge in [0.2, 0.25) is 0 Å². The Morgan fingerprint density at radius 1 is 1.29 bits per heavy atom. The van der Waals surface area contributed by atoms with E-state index in [0.29, 0.717) is 28.8 Å². The fourth-order valence-electron chi connectivity index (χ4n) is 2.20. The third-order valence-electron chi connectivity index (χ3n) is 3.33. The number of benzene rings is 1. The molecule has 0 aliphatic carbocycles. The average molecular weight is 323 g/mol. The van der Waals surface area contributed by atoms with Gasteiger partial charge in [-0.1, -0.05) is 23.2 Å². The Morgan fingerprint density at radius 2 is 2.14 bits per heavy atom. The summed E-state index contributed by atoms with van der Waals surface area (Å²) in [5, 5.41) is 3.68. The molecule has 0 fully saturated rings. The zero-order valence-corrected chi connectivity index (χ0v) is 12.5. The molecule has 108 valence electrons. The molecule has 1 aliphatic rings. The molecule has 1 N–H and O–H groups in total. The number of carbonyl (C=O) groups is 1. The molecule has 7 heteroatoms. The van der Waals surface area contributed by atoms with Gasteiger partial charge in [0.1, 0.15) is 6.33 Å². The summed E-state index contributed by atoms with van der Waals surface area (Å²) in [6, 6.07) is 4.81. The Labute approximate surface area is 131 Å². The summed E-state index contributed by atoms with van der Waals surface area (Å²) in [6.07, 6.45) is 4.06. The normalized spacial score (nSPS) is 13.7. The first-order valence-corrected chi connectivity index (χ1v) is 7.18. The molecule has 0 bridgehead atoms. The van der Waals surface area contributed by atoms with Crippen LogP contribution in [0.3, 0.4) is 0 Å². The number of hydrogen-bond donors (Lipinski definition) is 1. The lowest BCUT2D eigenvalue weighted by atomic mass is 10.1. The van der Waals surface area contributed by atoms with Crippen molar-refractivity contribution in [2.45, 2.75) is 13.0 Å². The lowest BCUT2D eigenvalue weighted by Crippen LogP contribution is -2.39. The molecule has 0 radical (unpaired) electrons. The van der Waals surface area contributed by atoms with E-state index in [4.69, 9.17) is 23.2 Å². The summed E-state index contributed by atoms with van der Waals surface area (Å²) >= 11 is 11.8. The first-order chi connectivity index (χ1) is 10.1. The van der Waals surface area contributed by atoms with Crippen molar-refractivity contribution in [2.75, 3.05) is 11.9 Å². The summed E-state index contributed by atoms with van der Waals surface area (Å²) in [4.78, 5) is 22.2. The van der Waals surface area contributed by atoms with Crippen molar-refractivity contribution in [3.8, 4) is 0 Å². The van der Waals surface area contributed by atoms with E-state index in [1.54, 1.807) is 29.3 Å². The molecule has 2 aromatic rings. The zero-order chi connectivity index (χ0) is 14.8. The highest BCUT2D eigenvalue weighted by Crippen LogP contribution is 2.25. The maximum atomic E-state index is 12.3. The van der Waals surface area contributed by atoms with Crippen LogP contribution in [0.1, 0.15) is 11.3 Å². The third kappa shape index (κ3) is 3.09. The van der Waals surface area contributed by atoms with Gasteiger partial charge in [0.05, 0.1) is 22.3 Å². The fraction of sp³-hybridized carbons (Fsp3) is 0.214.